The number of ether oxygens (including phenoxy) is 2. The summed E-state index contributed by atoms with van der Waals surface area (Å²) in [5, 5.41) is 19.9. The largest absolute Gasteiger partial charge is 0.465 e. The first kappa shape index (κ1) is 53.3. The van der Waals surface area contributed by atoms with Crippen LogP contribution in [0.4, 0.5) is 0 Å². The van der Waals surface area contributed by atoms with Crippen LogP contribution < -0.4 is 0 Å². The number of esters is 2. The van der Waals surface area contributed by atoms with Gasteiger partial charge in [0.15, 0.2) is 0 Å². The third-order valence-electron chi connectivity index (χ3n) is 11.0. The highest BCUT2D eigenvalue weighted by Gasteiger charge is 2.33. The van der Waals surface area contributed by atoms with Crippen molar-refractivity contribution in [2.75, 3.05) is 26.4 Å². The molecule has 0 aliphatic rings. The molecule has 0 radical (unpaired) electrons. The Hall–Kier alpha value is -1.66. The maximum atomic E-state index is 12.3. The van der Waals surface area contributed by atoms with Crippen molar-refractivity contribution < 1.29 is 29.3 Å². The minimum Gasteiger partial charge on any atom is -0.465 e. The Labute approximate surface area is 341 Å². The SMILES string of the molecule is CCCCCCCC/C=C\CCCCCCCCCCCC(=O)OCC(CO)(CO)COC(=O)CCCCCCCCCCC/C=C\CCCCCCCC. The Bertz CT molecular complexity index is 797. The molecule has 0 amide bonds. The van der Waals surface area contributed by atoms with Crippen LogP contribution in [0.3, 0.4) is 0 Å². The van der Waals surface area contributed by atoms with Crippen molar-refractivity contribution in [3.05, 3.63) is 24.3 Å². The zero-order chi connectivity index (χ0) is 40.2. The Balaban J connectivity index is 3.70. The Morgan fingerprint density at radius 3 is 0.873 bits per heavy atom. The third-order valence-corrected chi connectivity index (χ3v) is 11.0. The molecular formula is C49H92O6. The number of rotatable bonds is 44. The molecule has 0 aliphatic carbocycles. The molecule has 0 fully saturated rings. The molecule has 0 bridgehead atoms. The molecule has 6 nitrogen and oxygen atoms in total. The molecule has 0 heterocycles. The Kier molecular flexibility index (Phi) is 42.2. The van der Waals surface area contributed by atoms with Gasteiger partial charge in [-0.15, -0.1) is 0 Å². The molecule has 2 N–H and O–H groups in total. The van der Waals surface area contributed by atoms with E-state index in [-0.39, 0.29) is 25.2 Å². The quantitative estimate of drug-likeness (QED) is 0.0364. The minimum absolute atomic E-state index is 0.156. The first-order chi connectivity index (χ1) is 27.0. The fourth-order valence-electron chi connectivity index (χ4n) is 6.98. The average molecular weight is 777 g/mol. The van der Waals surface area contributed by atoms with Gasteiger partial charge < -0.3 is 19.7 Å². The van der Waals surface area contributed by atoms with E-state index < -0.39 is 18.6 Å². The lowest BCUT2D eigenvalue weighted by molar-refractivity contribution is -0.159. The van der Waals surface area contributed by atoms with Crippen LogP contribution in [0.1, 0.15) is 245 Å². The standard InChI is InChI=1S/C49H92O6/c1-3-5-7-9-11-13-15-17-19-21-23-25-27-29-31-33-35-37-39-41-47(52)54-45-49(43-50,44-51)46-55-48(53)42-40-38-36-34-32-30-28-26-24-22-20-18-16-14-12-10-8-6-4-2/h17-20,50-51H,3-16,21-46H2,1-2H3/b19-17-,20-18-. The van der Waals surface area contributed by atoms with Gasteiger partial charge >= 0.3 is 11.9 Å². The van der Waals surface area contributed by atoms with E-state index >= 15 is 0 Å². The normalized spacial score (nSPS) is 12.0. The Morgan fingerprint density at radius 1 is 0.382 bits per heavy atom. The van der Waals surface area contributed by atoms with Gasteiger partial charge in [0.25, 0.3) is 0 Å². The molecule has 0 atom stereocenters. The highest BCUT2D eigenvalue weighted by Crippen LogP contribution is 2.20. The van der Waals surface area contributed by atoms with Gasteiger partial charge in [0.1, 0.15) is 13.2 Å². The van der Waals surface area contributed by atoms with Crippen LogP contribution in [0.5, 0.6) is 0 Å². The van der Waals surface area contributed by atoms with Gasteiger partial charge in [-0.2, -0.15) is 0 Å². The number of allylic oxidation sites excluding steroid dienone is 4. The van der Waals surface area contributed by atoms with E-state index in [2.05, 4.69) is 38.2 Å². The second-order valence-electron chi connectivity index (χ2n) is 16.6. The van der Waals surface area contributed by atoms with Gasteiger partial charge in [-0.05, 0) is 64.2 Å². The van der Waals surface area contributed by atoms with E-state index in [1.165, 1.54) is 180 Å². The number of hydrogen-bond acceptors (Lipinski definition) is 6. The predicted molar refractivity (Wildman–Crippen MR) is 234 cm³/mol. The van der Waals surface area contributed by atoms with Crippen molar-refractivity contribution in [3.8, 4) is 0 Å². The molecule has 0 saturated carbocycles. The molecule has 55 heavy (non-hydrogen) atoms. The first-order valence-corrected chi connectivity index (χ1v) is 23.9. The number of aliphatic hydroxyl groups excluding tert-OH is 2. The van der Waals surface area contributed by atoms with Crippen LogP contribution in [0.25, 0.3) is 0 Å². The summed E-state index contributed by atoms with van der Waals surface area (Å²) in [6.45, 7) is 3.38. The molecular weight excluding hydrogens is 685 g/mol. The molecule has 0 aromatic rings. The minimum atomic E-state index is -1.17. The van der Waals surface area contributed by atoms with Gasteiger partial charge in [-0.3, -0.25) is 9.59 Å². The number of carbonyl (C=O) groups excluding carboxylic acids is 2. The molecule has 6 heteroatoms. The maximum Gasteiger partial charge on any atom is 0.305 e. The molecule has 0 aromatic carbocycles. The first-order valence-electron chi connectivity index (χ1n) is 23.9. The van der Waals surface area contributed by atoms with Crippen LogP contribution in [0, 0.1) is 5.41 Å². The number of carbonyl (C=O) groups is 2. The summed E-state index contributed by atoms with van der Waals surface area (Å²) in [6, 6.07) is 0. The summed E-state index contributed by atoms with van der Waals surface area (Å²) in [5.74, 6) is -0.658. The molecule has 0 aromatic heterocycles. The second kappa shape index (κ2) is 43.5. The van der Waals surface area contributed by atoms with Crippen LogP contribution in [0.15, 0.2) is 24.3 Å². The van der Waals surface area contributed by atoms with Crippen LogP contribution >= 0.6 is 0 Å². The fourth-order valence-corrected chi connectivity index (χ4v) is 6.98. The molecule has 0 aliphatic heterocycles. The summed E-state index contributed by atoms with van der Waals surface area (Å²) >= 11 is 0. The van der Waals surface area contributed by atoms with Gasteiger partial charge in [-0.1, -0.05) is 192 Å². The zero-order valence-corrected chi connectivity index (χ0v) is 36.6. The van der Waals surface area contributed by atoms with Gasteiger partial charge in [0.2, 0.25) is 0 Å². The molecule has 324 valence electrons. The van der Waals surface area contributed by atoms with Crippen LogP contribution in [0.2, 0.25) is 0 Å². The molecule has 0 saturated heterocycles. The molecule has 0 spiro atoms. The van der Waals surface area contributed by atoms with Gasteiger partial charge in [0, 0.05) is 12.8 Å². The van der Waals surface area contributed by atoms with Crippen molar-refractivity contribution in [1.29, 1.82) is 0 Å². The third kappa shape index (κ3) is 39.0. The van der Waals surface area contributed by atoms with Crippen molar-refractivity contribution >= 4 is 11.9 Å². The monoisotopic (exact) mass is 777 g/mol. The van der Waals surface area contributed by atoms with Crippen molar-refractivity contribution in [3.63, 3.8) is 0 Å². The maximum absolute atomic E-state index is 12.3. The van der Waals surface area contributed by atoms with Crippen molar-refractivity contribution in [2.45, 2.75) is 245 Å². The van der Waals surface area contributed by atoms with E-state index in [1.807, 2.05) is 0 Å². The number of unbranched alkanes of at least 4 members (excludes halogenated alkanes) is 30. The second-order valence-corrected chi connectivity index (χ2v) is 16.6. The smallest absolute Gasteiger partial charge is 0.305 e. The summed E-state index contributed by atoms with van der Waals surface area (Å²) in [5.41, 5.74) is -1.17. The lowest BCUT2D eigenvalue weighted by atomic mass is 9.92. The van der Waals surface area contributed by atoms with E-state index in [0.717, 1.165) is 38.5 Å². The zero-order valence-electron chi connectivity index (χ0n) is 36.6. The highest BCUT2D eigenvalue weighted by atomic mass is 16.5. The summed E-state index contributed by atoms with van der Waals surface area (Å²) < 4.78 is 10.8. The summed E-state index contributed by atoms with van der Waals surface area (Å²) in [7, 11) is 0. The summed E-state index contributed by atoms with van der Waals surface area (Å²) in [4.78, 5) is 24.7. The topological polar surface area (TPSA) is 93.1 Å². The van der Waals surface area contributed by atoms with Gasteiger partial charge in [-0.25, -0.2) is 0 Å². The number of hydrogen-bond donors (Lipinski definition) is 2. The Morgan fingerprint density at radius 2 is 0.618 bits per heavy atom. The molecule has 0 rings (SSSR count). The van der Waals surface area contributed by atoms with E-state index in [4.69, 9.17) is 9.47 Å². The van der Waals surface area contributed by atoms with Crippen LogP contribution in [-0.2, 0) is 19.1 Å². The predicted octanol–water partition coefficient (Wildman–Crippen LogP) is 14.2. The van der Waals surface area contributed by atoms with Gasteiger partial charge in [0.05, 0.1) is 18.6 Å². The van der Waals surface area contributed by atoms with E-state index in [0.29, 0.717) is 12.8 Å². The van der Waals surface area contributed by atoms with E-state index in [1.54, 1.807) is 0 Å². The summed E-state index contributed by atoms with van der Waals surface area (Å²) in [6.07, 6.45) is 52.7. The van der Waals surface area contributed by atoms with E-state index in [9.17, 15) is 19.8 Å². The average Bonchev–Trinajstić information content (AvgIpc) is 3.20. The highest BCUT2D eigenvalue weighted by molar-refractivity contribution is 5.69. The molecule has 0 unspecified atom stereocenters. The lowest BCUT2D eigenvalue weighted by Crippen LogP contribution is -2.41. The van der Waals surface area contributed by atoms with Crippen molar-refractivity contribution in [2.24, 2.45) is 5.41 Å². The number of aliphatic hydroxyl groups is 2. The fraction of sp³-hybridized carbons (Fsp3) is 0.878. The van der Waals surface area contributed by atoms with Crippen LogP contribution in [-0.4, -0.2) is 48.6 Å². The van der Waals surface area contributed by atoms with Crippen molar-refractivity contribution in [1.82, 2.24) is 0 Å². The lowest BCUT2D eigenvalue weighted by Gasteiger charge is -2.28.